The van der Waals surface area contributed by atoms with Crippen LogP contribution >= 0.6 is 44.3 Å². The third kappa shape index (κ3) is 2.87. The Hall–Kier alpha value is 0.230. The van der Waals surface area contributed by atoms with Crippen LogP contribution in [0, 0.1) is 0 Å². The molecule has 0 bridgehead atoms. The standard InChI is InChI=1S/C10H12Br2N2.ClH/c11-6-4-7(9-2-1-3-14-9)10(13)8(12)5-6;/h4-5,9,14H,1-3,13H2;1H/t9-;/m0./s1. The molecular weight excluding hydrogens is 343 g/mol. The number of hydrogen-bond donors (Lipinski definition) is 2. The maximum absolute atomic E-state index is 6.02. The summed E-state index contributed by atoms with van der Waals surface area (Å²) in [6, 6.07) is 4.50. The summed E-state index contributed by atoms with van der Waals surface area (Å²) in [7, 11) is 0. The van der Waals surface area contributed by atoms with Crippen molar-refractivity contribution in [2.24, 2.45) is 0 Å². The molecule has 84 valence electrons. The summed E-state index contributed by atoms with van der Waals surface area (Å²) < 4.78 is 2.04. The van der Waals surface area contributed by atoms with Crippen LogP contribution in [0.3, 0.4) is 0 Å². The first kappa shape index (κ1) is 13.3. The molecule has 0 unspecified atom stereocenters. The minimum absolute atomic E-state index is 0. The number of nitrogens with two attached hydrogens (primary N) is 1. The minimum Gasteiger partial charge on any atom is -0.398 e. The average Bonchev–Trinajstić information content (AvgIpc) is 2.63. The van der Waals surface area contributed by atoms with E-state index in [1.54, 1.807) is 0 Å². The van der Waals surface area contributed by atoms with Crippen LogP contribution in [-0.2, 0) is 0 Å². The Morgan fingerprint density at radius 2 is 2.07 bits per heavy atom. The molecule has 1 aromatic rings. The number of nitrogen functional groups attached to an aromatic ring is 1. The highest BCUT2D eigenvalue weighted by Gasteiger charge is 2.19. The zero-order valence-corrected chi connectivity index (χ0v) is 12.1. The van der Waals surface area contributed by atoms with Crippen molar-refractivity contribution in [3.63, 3.8) is 0 Å². The molecule has 0 saturated carbocycles. The molecule has 15 heavy (non-hydrogen) atoms. The monoisotopic (exact) mass is 354 g/mol. The summed E-state index contributed by atoms with van der Waals surface area (Å²) in [4.78, 5) is 0. The molecule has 1 atom stereocenters. The van der Waals surface area contributed by atoms with Crippen molar-refractivity contribution in [2.75, 3.05) is 12.3 Å². The largest absolute Gasteiger partial charge is 0.398 e. The second-order valence-electron chi connectivity index (χ2n) is 3.54. The van der Waals surface area contributed by atoms with Crippen molar-refractivity contribution in [2.45, 2.75) is 18.9 Å². The minimum atomic E-state index is 0. The second-order valence-corrected chi connectivity index (χ2v) is 5.31. The first-order valence-corrected chi connectivity index (χ1v) is 6.25. The van der Waals surface area contributed by atoms with Gasteiger partial charge < -0.3 is 11.1 Å². The van der Waals surface area contributed by atoms with Crippen LogP contribution in [0.15, 0.2) is 21.1 Å². The lowest BCUT2D eigenvalue weighted by atomic mass is 10.0. The van der Waals surface area contributed by atoms with E-state index in [1.165, 1.54) is 18.4 Å². The van der Waals surface area contributed by atoms with E-state index in [-0.39, 0.29) is 12.4 Å². The number of hydrogen-bond acceptors (Lipinski definition) is 2. The molecule has 1 saturated heterocycles. The Morgan fingerprint density at radius 1 is 1.33 bits per heavy atom. The molecule has 5 heteroatoms. The molecule has 0 aliphatic carbocycles. The van der Waals surface area contributed by atoms with Crippen LogP contribution < -0.4 is 11.1 Å². The van der Waals surface area contributed by atoms with Crippen molar-refractivity contribution < 1.29 is 0 Å². The van der Waals surface area contributed by atoms with Crippen molar-refractivity contribution in [3.05, 3.63) is 26.6 Å². The van der Waals surface area contributed by atoms with Crippen LogP contribution in [0.25, 0.3) is 0 Å². The Balaban J connectivity index is 0.00000112. The molecule has 2 nitrogen and oxygen atoms in total. The van der Waals surface area contributed by atoms with E-state index in [0.29, 0.717) is 6.04 Å². The predicted octanol–water partition coefficient (Wildman–Crippen LogP) is 3.64. The van der Waals surface area contributed by atoms with E-state index in [0.717, 1.165) is 21.2 Å². The van der Waals surface area contributed by atoms with E-state index in [1.807, 2.05) is 6.07 Å². The van der Waals surface area contributed by atoms with Gasteiger partial charge >= 0.3 is 0 Å². The fourth-order valence-corrected chi connectivity index (χ4v) is 3.10. The van der Waals surface area contributed by atoms with Gasteiger partial charge in [-0.15, -0.1) is 12.4 Å². The highest BCUT2D eigenvalue weighted by atomic mass is 79.9. The van der Waals surface area contributed by atoms with Gasteiger partial charge in [-0.25, -0.2) is 0 Å². The molecule has 1 aliphatic rings. The summed E-state index contributed by atoms with van der Waals surface area (Å²) in [5, 5.41) is 3.45. The molecule has 3 N–H and O–H groups in total. The van der Waals surface area contributed by atoms with E-state index < -0.39 is 0 Å². The smallest absolute Gasteiger partial charge is 0.0507 e. The molecule has 0 spiro atoms. The first-order chi connectivity index (χ1) is 6.68. The normalized spacial score (nSPS) is 20.0. The number of nitrogens with one attached hydrogen (secondary N) is 1. The highest BCUT2D eigenvalue weighted by molar-refractivity contribution is 9.11. The summed E-state index contributed by atoms with van der Waals surface area (Å²) >= 11 is 6.94. The summed E-state index contributed by atoms with van der Waals surface area (Å²) in [6.07, 6.45) is 2.40. The van der Waals surface area contributed by atoms with Crippen LogP contribution in [0.4, 0.5) is 5.69 Å². The fourth-order valence-electron chi connectivity index (χ4n) is 1.84. The molecule has 1 aromatic carbocycles. The van der Waals surface area contributed by atoms with Gasteiger partial charge in [-0.2, -0.15) is 0 Å². The van der Waals surface area contributed by atoms with Gasteiger partial charge in [0.2, 0.25) is 0 Å². The third-order valence-electron chi connectivity index (χ3n) is 2.56. The fraction of sp³-hybridized carbons (Fsp3) is 0.400. The second kappa shape index (κ2) is 5.53. The molecule has 1 aliphatic heterocycles. The van der Waals surface area contributed by atoms with Gasteiger partial charge in [0.15, 0.2) is 0 Å². The van der Waals surface area contributed by atoms with Gasteiger partial charge in [0.1, 0.15) is 0 Å². The van der Waals surface area contributed by atoms with E-state index in [9.17, 15) is 0 Å². The van der Waals surface area contributed by atoms with Gasteiger partial charge in [0.05, 0.1) is 5.69 Å². The topological polar surface area (TPSA) is 38.0 Å². The molecule has 1 heterocycles. The first-order valence-electron chi connectivity index (χ1n) is 4.66. The van der Waals surface area contributed by atoms with Crippen molar-refractivity contribution in [1.82, 2.24) is 5.32 Å². The summed E-state index contributed by atoms with van der Waals surface area (Å²) in [5.41, 5.74) is 8.08. The summed E-state index contributed by atoms with van der Waals surface area (Å²) in [5.74, 6) is 0. The van der Waals surface area contributed by atoms with Crippen molar-refractivity contribution in [1.29, 1.82) is 0 Å². The Labute approximate surface area is 113 Å². The van der Waals surface area contributed by atoms with Gasteiger partial charge in [-0.05, 0) is 53.0 Å². The lowest BCUT2D eigenvalue weighted by molar-refractivity contribution is 0.649. The van der Waals surface area contributed by atoms with Gasteiger partial charge in [0.25, 0.3) is 0 Å². The maximum atomic E-state index is 6.02. The number of halogens is 3. The lowest BCUT2D eigenvalue weighted by Gasteiger charge is -2.15. The Morgan fingerprint density at radius 3 is 2.67 bits per heavy atom. The Kier molecular flexibility index (Phi) is 4.90. The lowest BCUT2D eigenvalue weighted by Crippen LogP contribution is -2.14. The quantitative estimate of drug-likeness (QED) is 0.754. The van der Waals surface area contributed by atoms with E-state index in [2.05, 4.69) is 43.2 Å². The molecule has 0 aromatic heterocycles. The summed E-state index contributed by atoms with van der Waals surface area (Å²) in [6.45, 7) is 1.09. The number of anilines is 1. The average molecular weight is 356 g/mol. The van der Waals surface area contributed by atoms with E-state index in [4.69, 9.17) is 5.73 Å². The van der Waals surface area contributed by atoms with Crippen LogP contribution in [-0.4, -0.2) is 6.54 Å². The maximum Gasteiger partial charge on any atom is 0.0507 e. The van der Waals surface area contributed by atoms with Gasteiger partial charge in [-0.1, -0.05) is 15.9 Å². The molecule has 0 radical (unpaired) electrons. The molecule has 1 fully saturated rings. The Bertz CT molecular complexity index is 352. The zero-order valence-electron chi connectivity index (χ0n) is 8.09. The third-order valence-corrected chi connectivity index (χ3v) is 3.68. The van der Waals surface area contributed by atoms with Gasteiger partial charge in [0, 0.05) is 15.0 Å². The SMILES string of the molecule is Cl.Nc1c(Br)cc(Br)cc1[C@@H]1CCCN1. The predicted molar refractivity (Wildman–Crippen MR) is 73.5 cm³/mol. The van der Waals surface area contributed by atoms with E-state index >= 15 is 0 Å². The van der Waals surface area contributed by atoms with Crippen molar-refractivity contribution >= 4 is 50.0 Å². The number of rotatable bonds is 1. The van der Waals surface area contributed by atoms with Crippen molar-refractivity contribution in [3.8, 4) is 0 Å². The van der Waals surface area contributed by atoms with Crippen LogP contribution in [0.1, 0.15) is 24.4 Å². The molecule has 2 rings (SSSR count). The molecule has 0 amide bonds. The molecular formula is C10H13Br2ClN2. The number of benzene rings is 1. The zero-order chi connectivity index (χ0) is 10.1. The van der Waals surface area contributed by atoms with Crippen LogP contribution in [0.5, 0.6) is 0 Å². The van der Waals surface area contributed by atoms with Gasteiger partial charge in [-0.3, -0.25) is 0 Å². The highest BCUT2D eigenvalue weighted by Crippen LogP contribution is 2.35. The van der Waals surface area contributed by atoms with Crippen LogP contribution in [0.2, 0.25) is 0 Å².